The minimum Gasteiger partial charge on any atom is -0.329 e. The molecule has 0 spiro atoms. The van der Waals surface area contributed by atoms with Crippen LogP contribution < -0.4 is 10.5 Å². The average molecular weight is 218 g/mol. The smallest absolute Gasteiger partial charge is 0.240 e. The van der Waals surface area contributed by atoms with Crippen LogP contribution in [0.2, 0.25) is 0 Å². The van der Waals surface area contributed by atoms with Crippen molar-refractivity contribution in [2.75, 3.05) is 13.1 Å². The van der Waals surface area contributed by atoms with Crippen LogP contribution in [-0.4, -0.2) is 21.5 Å². The van der Waals surface area contributed by atoms with Crippen LogP contribution in [0, 0.1) is 5.82 Å². The molecule has 1 aromatic carbocycles. The Morgan fingerprint density at radius 3 is 2.36 bits per heavy atom. The average Bonchev–Trinajstić information content (AvgIpc) is 2.16. The highest BCUT2D eigenvalue weighted by Crippen LogP contribution is 2.08. The molecule has 0 heterocycles. The van der Waals surface area contributed by atoms with Crippen molar-refractivity contribution in [3.8, 4) is 0 Å². The maximum atomic E-state index is 12.5. The van der Waals surface area contributed by atoms with Crippen LogP contribution in [0.3, 0.4) is 0 Å². The first-order valence-electron chi connectivity index (χ1n) is 4.01. The van der Waals surface area contributed by atoms with Gasteiger partial charge in [0, 0.05) is 13.1 Å². The van der Waals surface area contributed by atoms with E-state index in [0.29, 0.717) is 0 Å². The zero-order chi connectivity index (χ0) is 10.6. The quantitative estimate of drug-likeness (QED) is 0.750. The third-order valence-corrected chi connectivity index (χ3v) is 3.04. The summed E-state index contributed by atoms with van der Waals surface area (Å²) in [5.41, 5.74) is 5.15. The topological polar surface area (TPSA) is 72.2 Å². The van der Waals surface area contributed by atoms with Gasteiger partial charge in [0.05, 0.1) is 4.90 Å². The number of sulfonamides is 1. The van der Waals surface area contributed by atoms with Gasteiger partial charge in [-0.3, -0.25) is 0 Å². The van der Waals surface area contributed by atoms with E-state index >= 15 is 0 Å². The second-order valence-corrected chi connectivity index (χ2v) is 4.41. The Bertz CT molecular complexity index is 388. The van der Waals surface area contributed by atoms with Crippen molar-refractivity contribution >= 4 is 10.0 Å². The number of rotatable bonds is 4. The van der Waals surface area contributed by atoms with Crippen LogP contribution in [0.15, 0.2) is 29.2 Å². The van der Waals surface area contributed by atoms with Gasteiger partial charge in [0.2, 0.25) is 10.0 Å². The fourth-order valence-corrected chi connectivity index (χ4v) is 1.94. The van der Waals surface area contributed by atoms with E-state index < -0.39 is 15.8 Å². The summed E-state index contributed by atoms with van der Waals surface area (Å²) >= 11 is 0. The summed E-state index contributed by atoms with van der Waals surface area (Å²) in [5.74, 6) is -0.470. The molecule has 4 nitrogen and oxygen atoms in total. The normalized spacial score (nSPS) is 11.6. The summed E-state index contributed by atoms with van der Waals surface area (Å²) in [5, 5.41) is 0. The van der Waals surface area contributed by atoms with E-state index in [4.69, 9.17) is 5.73 Å². The van der Waals surface area contributed by atoms with Gasteiger partial charge in [-0.15, -0.1) is 0 Å². The molecule has 0 bridgehead atoms. The number of benzene rings is 1. The van der Waals surface area contributed by atoms with Gasteiger partial charge in [0.1, 0.15) is 5.82 Å². The van der Waals surface area contributed by atoms with Crippen molar-refractivity contribution in [3.05, 3.63) is 30.1 Å². The van der Waals surface area contributed by atoms with Crippen LogP contribution in [0.1, 0.15) is 0 Å². The van der Waals surface area contributed by atoms with Gasteiger partial charge >= 0.3 is 0 Å². The molecular weight excluding hydrogens is 207 g/mol. The molecule has 78 valence electrons. The lowest BCUT2D eigenvalue weighted by Gasteiger charge is -2.04. The van der Waals surface area contributed by atoms with E-state index in [2.05, 4.69) is 4.72 Å². The van der Waals surface area contributed by atoms with Crippen molar-refractivity contribution in [3.63, 3.8) is 0 Å². The highest BCUT2D eigenvalue weighted by atomic mass is 32.2. The second kappa shape index (κ2) is 4.50. The number of hydrogen-bond donors (Lipinski definition) is 2. The molecule has 0 aliphatic heterocycles. The molecule has 1 rings (SSSR count). The summed E-state index contributed by atoms with van der Waals surface area (Å²) in [7, 11) is -3.54. The fraction of sp³-hybridized carbons (Fsp3) is 0.250. The minimum atomic E-state index is -3.54. The highest BCUT2D eigenvalue weighted by molar-refractivity contribution is 7.89. The zero-order valence-electron chi connectivity index (χ0n) is 7.40. The molecule has 0 fully saturated rings. The Balaban J connectivity index is 2.87. The van der Waals surface area contributed by atoms with Gasteiger partial charge in [-0.25, -0.2) is 17.5 Å². The summed E-state index contributed by atoms with van der Waals surface area (Å²) in [6.45, 7) is 0.389. The van der Waals surface area contributed by atoms with Gasteiger partial charge in [-0.05, 0) is 24.3 Å². The lowest BCUT2D eigenvalue weighted by Crippen LogP contribution is -2.29. The van der Waals surface area contributed by atoms with Crippen LogP contribution in [0.4, 0.5) is 4.39 Å². The highest BCUT2D eigenvalue weighted by Gasteiger charge is 2.12. The van der Waals surface area contributed by atoms with E-state index in [1.54, 1.807) is 0 Å². The molecule has 14 heavy (non-hydrogen) atoms. The molecule has 0 aliphatic carbocycles. The van der Waals surface area contributed by atoms with E-state index in [1.807, 2.05) is 0 Å². The van der Waals surface area contributed by atoms with Crippen molar-refractivity contribution in [1.82, 2.24) is 4.72 Å². The number of hydrogen-bond acceptors (Lipinski definition) is 3. The molecule has 0 radical (unpaired) electrons. The maximum Gasteiger partial charge on any atom is 0.240 e. The van der Waals surface area contributed by atoms with Crippen LogP contribution in [-0.2, 0) is 10.0 Å². The fourth-order valence-electron chi connectivity index (χ4n) is 0.890. The SMILES string of the molecule is NCCNS(=O)(=O)c1ccc(F)cc1. The van der Waals surface area contributed by atoms with Crippen molar-refractivity contribution in [2.45, 2.75) is 4.90 Å². The summed E-state index contributed by atoms with van der Waals surface area (Å²) < 4.78 is 37.6. The van der Waals surface area contributed by atoms with E-state index in [1.165, 1.54) is 12.1 Å². The van der Waals surface area contributed by atoms with Gasteiger partial charge in [-0.2, -0.15) is 0 Å². The lowest BCUT2D eigenvalue weighted by molar-refractivity contribution is 0.581. The Hall–Kier alpha value is -0.980. The third-order valence-electron chi connectivity index (χ3n) is 1.56. The Kier molecular flexibility index (Phi) is 3.56. The molecule has 0 saturated heterocycles. The van der Waals surface area contributed by atoms with E-state index in [0.717, 1.165) is 12.1 Å². The maximum absolute atomic E-state index is 12.5. The molecule has 0 amide bonds. The first-order chi connectivity index (χ1) is 6.56. The first-order valence-corrected chi connectivity index (χ1v) is 5.50. The van der Waals surface area contributed by atoms with Crippen molar-refractivity contribution < 1.29 is 12.8 Å². The van der Waals surface area contributed by atoms with Crippen LogP contribution in [0.25, 0.3) is 0 Å². The molecule has 0 aromatic heterocycles. The van der Waals surface area contributed by atoms with Gasteiger partial charge < -0.3 is 5.73 Å². The third kappa shape index (κ3) is 2.76. The summed E-state index contributed by atoms with van der Waals surface area (Å²) in [6.07, 6.45) is 0. The number of nitrogens with one attached hydrogen (secondary N) is 1. The predicted octanol–water partition coefficient (Wildman–Crippen LogP) is 0.0627. The van der Waals surface area contributed by atoms with Crippen LogP contribution in [0.5, 0.6) is 0 Å². The molecular formula is C8H11FN2O2S. The van der Waals surface area contributed by atoms with Crippen molar-refractivity contribution in [1.29, 1.82) is 0 Å². The Labute approximate surface area is 82.0 Å². The molecule has 6 heteroatoms. The summed E-state index contributed by atoms with van der Waals surface area (Å²) in [4.78, 5) is 0.0346. The molecule has 0 atom stereocenters. The number of nitrogens with two attached hydrogens (primary N) is 1. The second-order valence-electron chi connectivity index (χ2n) is 2.64. The molecule has 0 saturated carbocycles. The standard InChI is InChI=1S/C8H11FN2O2S/c9-7-1-3-8(4-2-7)14(12,13)11-6-5-10/h1-4,11H,5-6,10H2. The Morgan fingerprint density at radius 1 is 1.29 bits per heavy atom. The molecule has 0 unspecified atom stereocenters. The van der Waals surface area contributed by atoms with E-state index in [9.17, 15) is 12.8 Å². The van der Waals surface area contributed by atoms with Gasteiger partial charge in [0.25, 0.3) is 0 Å². The first kappa shape index (κ1) is 11.1. The van der Waals surface area contributed by atoms with Crippen LogP contribution >= 0.6 is 0 Å². The van der Waals surface area contributed by atoms with Gasteiger partial charge in [-0.1, -0.05) is 0 Å². The predicted molar refractivity (Wildman–Crippen MR) is 50.6 cm³/mol. The number of halogens is 1. The monoisotopic (exact) mass is 218 g/mol. The van der Waals surface area contributed by atoms with Crippen molar-refractivity contribution in [2.24, 2.45) is 5.73 Å². The molecule has 1 aromatic rings. The molecule has 3 N–H and O–H groups in total. The largest absolute Gasteiger partial charge is 0.329 e. The summed E-state index contributed by atoms with van der Waals surface area (Å²) in [6, 6.07) is 4.59. The van der Waals surface area contributed by atoms with Gasteiger partial charge in [0.15, 0.2) is 0 Å². The zero-order valence-corrected chi connectivity index (χ0v) is 8.22. The van der Waals surface area contributed by atoms with E-state index in [-0.39, 0.29) is 18.0 Å². The minimum absolute atomic E-state index is 0.0346. The lowest BCUT2D eigenvalue weighted by atomic mass is 10.4. The Morgan fingerprint density at radius 2 is 1.86 bits per heavy atom. The molecule has 0 aliphatic rings.